The Morgan fingerprint density at radius 2 is 1.79 bits per heavy atom. The molecule has 4 amide bonds. The number of hydrogen-bond acceptors (Lipinski definition) is 5. The van der Waals surface area contributed by atoms with E-state index in [0.29, 0.717) is 22.4 Å². The van der Waals surface area contributed by atoms with Crippen molar-refractivity contribution in [3.63, 3.8) is 0 Å². The fourth-order valence-electron chi connectivity index (χ4n) is 2.91. The molecular weight excluding hydrogens is 382 g/mol. The Labute approximate surface area is 162 Å². The monoisotopic (exact) mass is 401 g/mol. The zero-order chi connectivity index (χ0) is 20.5. The summed E-state index contributed by atoms with van der Waals surface area (Å²) in [6.45, 7) is 1.58. The third kappa shape index (κ3) is 4.20. The second kappa shape index (κ2) is 7.08. The van der Waals surface area contributed by atoms with Gasteiger partial charge in [0.05, 0.1) is 5.75 Å². The maximum Gasteiger partial charge on any atom is 0.322 e. The van der Waals surface area contributed by atoms with Crippen molar-refractivity contribution in [2.75, 3.05) is 11.6 Å². The number of imide groups is 1. The molecule has 8 nitrogen and oxygen atoms in total. The fraction of sp³-hybridized carbons (Fsp3) is 0.211. The van der Waals surface area contributed by atoms with Crippen molar-refractivity contribution in [3.8, 4) is 0 Å². The standard InChI is InChI=1S/C19H19N3O5S/c1-19(17(24)21-18(25)22-19)14-4-3-5-15(10-14)20-16(23)13-8-6-12(7-9-13)11-28(2,26)27/h3-10H,11H2,1-2H3,(H,20,23)(H2,21,22,24,25)/t19-/m0/s1. The average Bonchev–Trinajstić information content (AvgIpc) is 2.87. The molecule has 1 heterocycles. The molecular formula is C19H19N3O5S. The quantitative estimate of drug-likeness (QED) is 0.656. The third-order valence-corrected chi connectivity index (χ3v) is 5.25. The zero-order valence-electron chi connectivity index (χ0n) is 15.3. The van der Waals surface area contributed by atoms with Crippen LogP contribution in [-0.4, -0.2) is 32.5 Å². The van der Waals surface area contributed by atoms with Crippen molar-refractivity contribution in [2.45, 2.75) is 18.2 Å². The van der Waals surface area contributed by atoms with Crippen LogP contribution in [0.4, 0.5) is 10.5 Å². The van der Waals surface area contributed by atoms with Crippen LogP contribution in [0.1, 0.15) is 28.4 Å². The lowest BCUT2D eigenvalue weighted by molar-refractivity contribution is -0.123. The Kier molecular flexibility index (Phi) is 4.95. The Hall–Kier alpha value is -3.20. The van der Waals surface area contributed by atoms with Crippen LogP contribution in [-0.2, 0) is 25.9 Å². The van der Waals surface area contributed by atoms with Gasteiger partial charge in [-0.05, 0) is 42.3 Å². The molecule has 1 saturated heterocycles. The van der Waals surface area contributed by atoms with Crippen LogP contribution in [0.3, 0.4) is 0 Å². The molecule has 0 bridgehead atoms. The summed E-state index contributed by atoms with van der Waals surface area (Å²) in [7, 11) is -3.15. The van der Waals surface area contributed by atoms with Crippen LogP contribution in [0.5, 0.6) is 0 Å². The molecule has 3 rings (SSSR count). The Balaban J connectivity index is 1.76. The highest BCUT2D eigenvalue weighted by molar-refractivity contribution is 7.89. The number of carbonyl (C=O) groups excluding carboxylic acids is 3. The van der Waals surface area contributed by atoms with E-state index in [1.165, 1.54) is 0 Å². The highest BCUT2D eigenvalue weighted by Gasteiger charge is 2.43. The number of benzene rings is 2. The minimum Gasteiger partial charge on any atom is -0.322 e. The number of urea groups is 1. The van der Waals surface area contributed by atoms with Crippen molar-refractivity contribution >= 4 is 33.4 Å². The molecule has 2 aromatic rings. The first-order valence-corrected chi connectivity index (χ1v) is 10.4. The normalized spacial score (nSPS) is 19.1. The number of anilines is 1. The minimum absolute atomic E-state index is 0.0939. The maximum absolute atomic E-state index is 12.5. The van der Waals surface area contributed by atoms with Gasteiger partial charge in [-0.15, -0.1) is 0 Å². The Morgan fingerprint density at radius 3 is 2.36 bits per heavy atom. The predicted molar refractivity (Wildman–Crippen MR) is 103 cm³/mol. The molecule has 1 atom stereocenters. The van der Waals surface area contributed by atoms with Crippen molar-refractivity contribution in [1.29, 1.82) is 0 Å². The van der Waals surface area contributed by atoms with Crippen LogP contribution in [0.2, 0.25) is 0 Å². The van der Waals surface area contributed by atoms with Crippen LogP contribution in [0.25, 0.3) is 0 Å². The summed E-state index contributed by atoms with van der Waals surface area (Å²) in [4.78, 5) is 36.0. The van der Waals surface area contributed by atoms with Crippen LogP contribution < -0.4 is 16.0 Å². The average molecular weight is 401 g/mol. The lowest BCUT2D eigenvalue weighted by Gasteiger charge is -2.21. The molecule has 0 aliphatic carbocycles. The highest BCUT2D eigenvalue weighted by atomic mass is 32.2. The van der Waals surface area contributed by atoms with Gasteiger partial charge in [0, 0.05) is 17.5 Å². The van der Waals surface area contributed by atoms with E-state index in [9.17, 15) is 22.8 Å². The molecule has 3 N–H and O–H groups in total. The molecule has 0 spiro atoms. The number of rotatable bonds is 5. The van der Waals surface area contributed by atoms with Gasteiger partial charge in [-0.3, -0.25) is 14.9 Å². The van der Waals surface area contributed by atoms with E-state index in [0.717, 1.165) is 6.26 Å². The van der Waals surface area contributed by atoms with Gasteiger partial charge < -0.3 is 10.6 Å². The van der Waals surface area contributed by atoms with Crippen molar-refractivity contribution in [3.05, 3.63) is 65.2 Å². The Morgan fingerprint density at radius 1 is 1.11 bits per heavy atom. The number of nitrogens with one attached hydrogen (secondary N) is 3. The molecule has 1 fully saturated rings. The maximum atomic E-state index is 12.5. The topological polar surface area (TPSA) is 121 Å². The molecule has 146 valence electrons. The number of hydrogen-bond donors (Lipinski definition) is 3. The minimum atomic E-state index is -3.15. The predicted octanol–water partition coefficient (Wildman–Crippen LogP) is 1.54. The van der Waals surface area contributed by atoms with Gasteiger partial charge in [-0.1, -0.05) is 24.3 Å². The smallest absolute Gasteiger partial charge is 0.322 e. The molecule has 2 aromatic carbocycles. The van der Waals surface area contributed by atoms with E-state index >= 15 is 0 Å². The molecule has 0 unspecified atom stereocenters. The summed E-state index contributed by atoms with van der Waals surface area (Å²) in [6, 6.07) is 12.3. The zero-order valence-corrected chi connectivity index (χ0v) is 16.1. The summed E-state index contributed by atoms with van der Waals surface area (Å²) >= 11 is 0. The van der Waals surface area contributed by atoms with Gasteiger partial charge in [0.25, 0.3) is 11.8 Å². The van der Waals surface area contributed by atoms with E-state index in [2.05, 4.69) is 16.0 Å². The number of sulfone groups is 1. The highest BCUT2D eigenvalue weighted by Crippen LogP contribution is 2.26. The first-order valence-electron chi connectivity index (χ1n) is 8.39. The van der Waals surface area contributed by atoms with Crippen LogP contribution in [0, 0.1) is 0 Å². The molecule has 1 aliphatic rings. The summed E-state index contributed by atoms with van der Waals surface area (Å²) in [5.74, 6) is -0.945. The lowest BCUT2D eigenvalue weighted by atomic mass is 9.92. The second-order valence-corrected chi connectivity index (χ2v) is 8.98. The van der Waals surface area contributed by atoms with Crippen molar-refractivity contribution in [1.82, 2.24) is 10.6 Å². The fourth-order valence-corrected chi connectivity index (χ4v) is 3.71. The number of amides is 4. The van der Waals surface area contributed by atoms with Gasteiger partial charge in [0.1, 0.15) is 5.54 Å². The largest absolute Gasteiger partial charge is 0.322 e. The third-order valence-electron chi connectivity index (χ3n) is 4.39. The van der Waals surface area contributed by atoms with E-state index in [1.54, 1.807) is 55.5 Å². The molecule has 0 radical (unpaired) electrons. The van der Waals surface area contributed by atoms with Gasteiger partial charge in [-0.25, -0.2) is 13.2 Å². The molecule has 1 aliphatic heterocycles. The SMILES string of the molecule is C[C@@]1(c2cccc(NC(=O)c3ccc(CS(C)(=O)=O)cc3)c2)NC(=O)NC1=O. The molecule has 0 saturated carbocycles. The van der Waals surface area contributed by atoms with E-state index in [1.807, 2.05) is 0 Å². The first kappa shape index (κ1) is 19.6. The summed E-state index contributed by atoms with van der Waals surface area (Å²) in [6.07, 6.45) is 1.15. The van der Waals surface area contributed by atoms with Gasteiger partial charge >= 0.3 is 6.03 Å². The van der Waals surface area contributed by atoms with Crippen molar-refractivity contribution < 1.29 is 22.8 Å². The van der Waals surface area contributed by atoms with E-state index < -0.39 is 27.3 Å². The number of carbonyl (C=O) groups is 3. The van der Waals surface area contributed by atoms with Crippen LogP contribution in [0.15, 0.2) is 48.5 Å². The summed E-state index contributed by atoms with van der Waals surface area (Å²) in [5.41, 5.74) is 0.721. The van der Waals surface area contributed by atoms with Gasteiger partial charge in [-0.2, -0.15) is 0 Å². The van der Waals surface area contributed by atoms with E-state index in [-0.39, 0.29) is 11.7 Å². The van der Waals surface area contributed by atoms with Crippen molar-refractivity contribution in [2.24, 2.45) is 0 Å². The van der Waals surface area contributed by atoms with E-state index in [4.69, 9.17) is 0 Å². The molecule has 9 heteroatoms. The van der Waals surface area contributed by atoms with Crippen LogP contribution >= 0.6 is 0 Å². The molecule has 28 heavy (non-hydrogen) atoms. The first-order chi connectivity index (χ1) is 13.1. The Bertz CT molecular complexity index is 1060. The summed E-state index contributed by atoms with van der Waals surface area (Å²) in [5, 5.41) is 7.50. The van der Waals surface area contributed by atoms with Gasteiger partial charge in [0.2, 0.25) is 0 Å². The molecule has 0 aromatic heterocycles. The summed E-state index contributed by atoms with van der Waals surface area (Å²) < 4.78 is 22.7. The lowest BCUT2D eigenvalue weighted by Crippen LogP contribution is -2.40. The van der Waals surface area contributed by atoms with Gasteiger partial charge in [0.15, 0.2) is 9.84 Å². The second-order valence-electron chi connectivity index (χ2n) is 6.84.